The number of carbonyl (C=O) groups is 1. The summed E-state index contributed by atoms with van der Waals surface area (Å²) in [5, 5.41) is 0. The Hall–Kier alpha value is -2.65. The van der Waals surface area contributed by atoms with Gasteiger partial charge in [-0.1, -0.05) is 12.1 Å². The first-order chi connectivity index (χ1) is 16.8. The summed E-state index contributed by atoms with van der Waals surface area (Å²) in [6.45, 7) is 5.63. The lowest BCUT2D eigenvalue weighted by Crippen LogP contribution is -2.56. The predicted molar refractivity (Wildman–Crippen MR) is 128 cm³/mol. The maximum atomic E-state index is 13.1. The maximum Gasteiger partial charge on any atom is 0.416 e. The Morgan fingerprint density at radius 2 is 1.91 bits per heavy atom. The third-order valence-corrected chi connectivity index (χ3v) is 7.18. The zero-order valence-corrected chi connectivity index (χ0v) is 20.1. The molecule has 2 aliphatic heterocycles. The molecule has 35 heavy (non-hydrogen) atoms. The van der Waals surface area contributed by atoms with E-state index in [1.807, 2.05) is 17.2 Å². The zero-order chi connectivity index (χ0) is 24.8. The number of ether oxygens (including phenoxy) is 1. The van der Waals surface area contributed by atoms with E-state index in [1.54, 1.807) is 12.3 Å². The molecule has 2 saturated heterocycles. The van der Waals surface area contributed by atoms with Crippen molar-refractivity contribution in [3.8, 4) is 0 Å². The van der Waals surface area contributed by atoms with Crippen molar-refractivity contribution in [2.75, 3.05) is 51.3 Å². The molecule has 0 spiro atoms. The molecule has 9 heteroatoms. The smallest absolute Gasteiger partial charge is 0.416 e. The van der Waals surface area contributed by atoms with Crippen LogP contribution in [0.4, 0.5) is 18.9 Å². The Morgan fingerprint density at radius 3 is 2.60 bits per heavy atom. The average Bonchev–Trinajstić information content (AvgIpc) is 2.88. The minimum absolute atomic E-state index is 0.192. The quantitative estimate of drug-likeness (QED) is 0.546. The Kier molecular flexibility index (Phi) is 8.28. The first kappa shape index (κ1) is 25.4. The number of pyridine rings is 1. The third-order valence-electron chi connectivity index (χ3n) is 7.18. The number of esters is 1. The van der Waals surface area contributed by atoms with E-state index in [0.717, 1.165) is 51.6 Å². The number of nitrogens with zero attached hydrogens (tertiary/aromatic N) is 4. The van der Waals surface area contributed by atoms with Gasteiger partial charge in [-0.05, 0) is 55.1 Å². The highest BCUT2D eigenvalue weighted by Gasteiger charge is 2.35. The molecule has 0 unspecified atom stereocenters. The van der Waals surface area contributed by atoms with Crippen LogP contribution in [-0.2, 0) is 22.3 Å². The van der Waals surface area contributed by atoms with Crippen molar-refractivity contribution in [1.82, 2.24) is 14.8 Å². The van der Waals surface area contributed by atoms with Gasteiger partial charge >= 0.3 is 12.1 Å². The van der Waals surface area contributed by atoms with E-state index in [0.29, 0.717) is 37.2 Å². The predicted octanol–water partition coefficient (Wildman–Crippen LogP) is 4.07. The summed E-state index contributed by atoms with van der Waals surface area (Å²) in [5.41, 5.74) is 1.18. The molecular formula is C26H33F3N4O2. The van der Waals surface area contributed by atoms with Gasteiger partial charge in [0.05, 0.1) is 12.7 Å². The highest BCUT2D eigenvalue weighted by atomic mass is 19.4. The van der Waals surface area contributed by atoms with Gasteiger partial charge in [0.25, 0.3) is 0 Å². The first-order valence-corrected chi connectivity index (χ1v) is 12.2. The molecule has 2 aromatic rings. The Morgan fingerprint density at radius 1 is 1.11 bits per heavy atom. The molecule has 0 N–H and O–H groups in total. The van der Waals surface area contributed by atoms with E-state index >= 15 is 0 Å². The number of methoxy groups -OCH3 is 1. The summed E-state index contributed by atoms with van der Waals surface area (Å²) in [6, 6.07) is 9.95. The van der Waals surface area contributed by atoms with Gasteiger partial charge in [0.1, 0.15) is 0 Å². The SMILES string of the molecule is COC(=O)CC[C@@H]1CN(Cc2cccnc2)CC[C@@H]1N1CCN(c2cccc(C(F)(F)F)c2)CC1. The molecule has 2 atom stereocenters. The molecule has 4 rings (SSSR count). The molecule has 0 bridgehead atoms. The lowest BCUT2D eigenvalue weighted by Gasteiger charge is -2.47. The number of benzene rings is 1. The topological polar surface area (TPSA) is 48.9 Å². The highest BCUT2D eigenvalue weighted by Crippen LogP contribution is 2.33. The van der Waals surface area contributed by atoms with Gasteiger partial charge in [-0.3, -0.25) is 19.6 Å². The van der Waals surface area contributed by atoms with Crippen LogP contribution in [0.5, 0.6) is 0 Å². The number of carbonyl (C=O) groups excluding carboxylic acids is 1. The van der Waals surface area contributed by atoms with Crippen molar-refractivity contribution in [2.24, 2.45) is 5.92 Å². The van der Waals surface area contributed by atoms with E-state index in [4.69, 9.17) is 4.74 Å². The number of aromatic nitrogens is 1. The number of piperazine rings is 1. The monoisotopic (exact) mass is 490 g/mol. The van der Waals surface area contributed by atoms with Crippen molar-refractivity contribution in [3.63, 3.8) is 0 Å². The van der Waals surface area contributed by atoms with Crippen molar-refractivity contribution in [3.05, 3.63) is 59.9 Å². The third kappa shape index (κ3) is 6.73. The van der Waals surface area contributed by atoms with E-state index < -0.39 is 11.7 Å². The summed E-state index contributed by atoms with van der Waals surface area (Å²) in [7, 11) is 1.42. The lowest BCUT2D eigenvalue weighted by molar-refractivity contribution is -0.141. The maximum absolute atomic E-state index is 13.1. The number of anilines is 1. The fourth-order valence-electron chi connectivity index (χ4n) is 5.35. The van der Waals surface area contributed by atoms with Gasteiger partial charge in [-0.25, -0.2) is 0 Å². The van der Waals surface area contributed by atoms with E-state index in [2.05, 4.69) is 20.9 Å². The minimum atomic E-state index is -4.34. The highest BCUT2D eigenvalue weighted by molar-refractivity contribution is 5.69. The molecule has 0 radical (unpaired) electrons. The Labute approximate surface area is 204 Å². The first-order valence-electron chi connectivity index (χ1n) is 12.2. The molecule has 0 amide bonds. The molecule has 1 aromatic carbocycles. The van der Waals surface area contributed by atoms with Gasteiger partial charge in [0.2, 0.25) is 0 Å². The van der Waals surface area contributed by atoms with Crippen LogP contribution in [0.15, 0.2) is 48.8 Å². The second-order valence-corrected chi connectivity index (χ2v) is 9.40. The number of hydrogen-bond donors (Lipinski definition) is 0. The fraction of sp³-hybridized carbons (Fsp3) is 0.538. The van der Waals surface area contributed by atoms with Gasteiger partial charge in [-0.15, -0.1) is 0 Å². The van der Waals surface area contributed by atoms with Gasteiger partial charge in [-0.2, -0.15) is 13.2 Å². The molecule has 2 aliphatic rings. The standard InChI is InChI=1S/C26H33F3N4O2/c1-35-25(34)8-7-21-19-31(18-20-4-3-10-30-17-20)11-9-24(21)33-14-12-32(13-15-33)23-6-2-5-22(16-23)26(27,28)29/h2-6,10,16-17,21,24H,7-9,11-15,18-19H2,1H3/t21-,24+/m1/s1. The van der Waals surface area contributed by atoms with Crippen LogP contribution in [-0.4, -0.2) is 73.2 Å². The summed E-state index contributed by atoms with van der Waals surface area (Å²) >= 11 is 0. The second-order valence-electron chi connectivity index (χ2n) is 9.40. The van der Waals surface area contributed by atoms with Crippen LogP contribution in [0.25, 0.3) is 0 Å². The van der Waals surface area contributed by atoms with Crippen LogP contribution < -0.4 is 4.90 Å². The molecule has 3 heterocycles. The Balaban J connectivity index is 1.39. The number of rotatable bonds is 7. The van der Waals surface area contributed by atoms with E-state index in [-0.39, 0.29) is 5.97 Å². The van der Waals surface area contributed by atoms with Crippen molar-refractivity contribution in [1.29, 1.82) is 0 Å². The van der Waals surface area contributed by atoms with Crippen LogP contribution in [0.2, 0.25) is 0 Å². The summed E-state index contributed by atoms with van der Waals surface area (Å²) in [6.07, 6.45) is 1.47. The molecule has 2 fully saturated rings. The van der Waals surface area contributed by atoms with Crippen LogP contribution in [0.3, 0.4) is 0 Å². The molecule has 6 nitrogen and oxygen atoms in total. The van der Waals surface area contributed by atoms with E-state index in [1.165, 1.54) is 24.8 Å². The van der Waals surface area contributed by atoms with Gasteiger partial charge < -0.3 is 9.64 Å². The molecular weight excluding hydrogens is 457 g/mol. The summed E-state index contributed by atoms with van der Waals surface area (Å²) in [5.74, 6) is 0.127. The second kappa shape index (κ2) is 11.4. The average molecular weight is 491 g/mol. The minimum Gasteiger partial charge on any atom is -0.469 e. The molecule has 1 aromatic heterocycles. The normalized spacial score (nSPS) is 22.2. The number of alkyl halides is 3. The van der Waals surface area contributed by atoms with Gasteiger partial charge in [0, 0.05) is 69.8 Å². The summed E-state index contributed by atoms with van der Waals surface area (Å²) < 4.78 is 44.3. The fourth-order valence-corrected chi connectivity index (χ4v) is 5.35. The Bertz CT molecular complexity index is 965. The van der Waals surface area contributed by atoms with Crippen LogP contribution >= 0.6 is 0 Å². The van der Waals surface area contributed by atoms with Crippen molar-refractivity contribution < 1.29 is 22.7 Å². The zero-order valence-electron chi connectivity index (χ0n) is 20.1. The lowest BCUT2D eigenvalue weighted by atomic mass is 9.86. The number of likely N-dealkylation sites (tertiary alicyclic amines) is 1. The molecule has 190 valence electrons. The number of piperidine rings is 1. The summed E-state index contributed by atoms with van der Waals surface area (Å²) in [4.78, 5) is 23.0. The number of halogens is 3. The van der Waals surface area contributed by atoms with Crippen molar-refractivity contribution in [2.45, 2.75) is 38.0 Å². The van der Waals surface area contributed by atoms with Gasteiger partial charge in [0.15, 0.2) is 0 Å². The number of hydrogen-bond acceptors (Lipinski definition) is 6. The van der Waals surface area contributed by atoms with E-state index in [9.17, 15) is 18.0 Å². The largest absolute Gasteiger partial charge is 0.469 e. The van der Waals surface area contributed by atoms with Crippen LogP contribution in [0, 0.1) is 5.92 Å². The van der Waals surface area contributed by atoms with Crippen molar-refractivity contribution >= 4 is 11.7 Å². The molecule has 0 aliphatic carbocycles. The van der Waals surface area contributed by atoms with Crippen LogP contribution in [0.1, 0.15) is 30.4 Å². The molecule has 0 saturated carbocycles.